The number of piperazine rings is 1. The molecule has 1 N–H and O–H groups in total. The zero-order valence-electron chi connectivity index (χ0n) is 18.3. The third kappa shape index (κ3) is 8.66. The Morgan fingerprint density at radius 3 is 2.47 bits per heavy atom. The van der Waals surface area contributed by atoms with Gasteiger partial charge >= 0.3 is 0 Å². The van der Waals surface area contributed by atoms with Crippen molar-refractivity contribution in [1.82, 2.24) is 14.5 Å². The standard InChI is InChI=1S/C20H34N4O4S.HI/c1-17(2)28-12-13-29(25,26)24-10-8-23(9-11-24)20(21-3)22-15-18-6-5-7-19(14-18)16-27-4;/h5-7,14,17H,8-13,15-16H2,1-4H3,(H,21,22);1H. The van der Waals surface area contributed by atoms with Crippen molar-refractivity contribution < 1.29 is 17.9 Å². The molecule has 30 heavy (non-hydrogen) atoms. The second-order valence-corrected chi connectivity index (χ2v) is 9.36. The van der Waals surface area contributed by atoms with Gasteiger partial charge in [0.05, 0.1) is 25.1 Å². The number of hydrogen-bond donors (Lipinski definition) is 1. The highest BCUT2D eigenvalue weighted by Crippen LogP contribution is 2.10. The van der Waals surface area contributed by atoms with E-state index in [-0.39, 0.29) is 42.4 Å². The molecule has 0 bridgehead atoms. The summed E-state index contributed by atoms with van der Waals surface area (Å²) in [6.07, 6.45) is 0.0339. The van der Waals surface area contributed by atoms with E-state index in [9.17, 15) is 8.42 Å². The van der Waals surface area contributed by atoms with Crippen LogP contribution in [0.5, 0.6) is 0 Å². The summed E-state index contributed by atoms with van der Waals surface area (Å²) in [5.41, 5.74) is 2.27. The summed E-state index contributed by atoms with van der Waals surface area (Å²) in [4.78, 5) is 6.45. The number of guanidine groups is 1. The van der Waals surface area contributed by atoms with Gasteiger partial charge in [-0.1, -0.05) is 24.3 Å². The number of methoxy groups -OCH3 is 1. The van der Waals surface area contributed by atoms with E-state index in [1.54, 1.807) is 18.5 Å². The van der Waals surface area contributed by atoms with Crippen molar-refractivity contribution in [1.29, 1.82) is 0 Å². The van der Waals surface area contributed by atoms with Crippen molar-refractivity contribution in [2.24, 2.45) is 4.99 Å². The van der Waals surface area contributed by atoms with Gasteiger partial charge in [0.2, 0.25) is 10.0 Å². The molecular weight excluding hydrogens is 519 g/mol. The summed E-state index contributed by atoms with van der Waals surface area (Å²) >= 11 is 0. The molecule has 1 aliphatic heterocycles. The third-order valence-corrected chi connectivity index (χ3v) is 6.52. The molecule has 0 spiro atoms. The Hall–Kier alpha value is -0.950. The van der Waals surface area contributed by atoms with Gasteiger partial charge in [-0.3, -0.25) is 4.99 Å². The Morgan fingerprint density at radius 2 is 1.87 bits per heavy atom. The first-order valence-corrected chi connectivity index (χ1v) is 11.6. The van der Waals surface area contributed by atoms with Crippen LogP contribution in [0.25, 0.3) is 0 Å². The largest absolute Gasteiger partial charge is 0.380 e. The van der Waals surface area contributed by atoms with Gasteiger partial charge in [0.25, 0.3) is 0 Å². The maximum absolute atomic E-state index is 12.5. The van der Waals surface area contributed by atoms with Crippen LogP contribution >= 0.6 is 24.0 Å². The van der Waals surface area contributed by atoms with Crippen LogP contribution in [-0.2, 0) is 32.6 Å². The molecule has 0 unspecified atom stereocenters. The van der Waals surface area contributed by atoms with Crippen LogP contribution in [0.3, 0.4) is 0 Å². The molecule has 0 atom stereocenters. The van der Waals surface area contributed by atoms with Crippen molar-refractivity contribution in [3.8, 4) is 0 Å². The first-order valence-electron chi connectivity index (χ1n) is 9.97. The van der Waals surface area contributed by atoms with E-state index in [1.165, 1.54) is 0 Å². The van der Waals surface area contributed by atoms with Crippen LogP contribution in [-0.4, -0.2) is 82.4 Å². The molecule has 1 aromatic carbocycles. The van der Waals surface area contributed by atoms with Crippen LogP contribution in [0.4, 0.5) is 0 Å². The first kappa shape index (κ1) is 27.1. The second-order valence-electron chi connectivity index (χ2n) is 7.28. The highest BCUT2D eigenvalue weighted by Gasteiger charge is 2.27. The number of halogens is 1. The summed E-state index contributed by atoms with van der Waals surface area (Å²) in [5.74, 6) is 0.804. The lowest BCUT2D eigenvalue weighted by molar-refractivity contribution is 0.0904. The van der Waals surface area contributed by atoms with Crippen molar-refractivity contribution in [3.63, 3.8) is 0 Å². The number of rotatable bonds is 9. The summed E-state index contributed by atoms with van der Waals surface area (Å²) in [7, 11) is 0.140. The van der Waals surface area contributed by atoms with Gasteiger partial charge in [-0.2, -0.15) is 4.31 Å². The van der Waals surface area contributed by atoms with Crippen molar-refractivity contribution >= 4 is 40.0 Å². The lowest BCUT2D eigenvalue weighted by atomic mass is 10.1. The molecule has 2 rings (SSSR count). The maximum atomic E-state index is 12.5. The van der Waals surface area contributed by atoms with E-state index in [1.807, 2.05) is 26.0 Å². The fourth-order valence-electron chi connectivity index (χ4n) is 3.21. The molecule has 10 heteroatoms. The van der Waals surface area contributed by atoms with E-state index in [4.69, 9.17) is 9.47 Å². The number of nitrogens with zero attached hydrogens (tertiary/aromatic N) is 3. The van der Waals surface area contributed by atoms with Crippen molar-refractivity contribution in [2.45, 2.75) is 33.1 Å². The molecule has 0 aliphatic carbocycles. The monoisotopic (exact) mass is 554 g/mol. The van der Waals surface area contributed by atoms with Crippen LogP contribution in [0.1, 0.15) is 25.0 Å². The highest BCUT2D eigenvalue weighted by atomic mass is 127. The lowest BCUT2D eigenvalue weighted by Crippen LogP contribution is -2.54. The van der Waals surface area contributed by atoms with Crippen LogP contribution in [0.2, 0.25) is 0 Å². The Kier molecular flexibility index (Phi) is 12.2. The summed E-state index contributed by atoms with van der Waals surface area (Å²) in [6.45, 7) is 7.38. The third-order valence-electron chi connectivity index (χ3n) is 4.69. The number of hydrogen-bond acceptors (Lipinski definition) is 5. The molecule has 1 aromatic rings. The number of benzene rings is 1. The second kappa shape index (κ2) is 13.5. The van der Waals surface area contributed by atoms with Crippen LogP contribution < -0.4 is 5.32 Å². The van der Waals surface area contributed by atoms with Gasteiger partial charge in [-0.25, -0.2) is 8.42 Å². The lowest BCUT2D eigenvalue weighted by Gasteiger charge is -2.35. The topological polar surface area (TPSA) is 83.5 Å². The van der Waals surface area contributed by atoms with Gasteiger partial charge in [0, 0.05) is 46.9 Å². The normalized spacial score (nSPS) is 15.9. The SMILES string of the molecule is CN=C(NCc1cccc(COC)c1)N1CCN(S(=O)(=O)CCOC(C)C)CC1.I. The minimum atomic E-state index is -3.29. The fraction of sp³-hybridized carbons (Fsp3) is 0.650. The maximum Gasteiger partial charge on any atom is 0.216 e. The summed E-state index contributed by atoms with van der Waals surface area (Å²) in [6, 6.07) is 8.21. The Balaban J connectivity index is 0.00000450. The van der Waals surface area contributed by atoms with E-state index in [0.717, 1.165) is 17.1 Å². The van der Waals surface area contributed by atoms with E-state index in [2.05, 4.69) is 27.3 Å². The number of nitrogens with one attached hydrogen (secondary N) is 1. The Labute approximate surface area is 198 Å². The molecule has 172 valence electrons. The number of aliphatic imine (C=N–C) groups is 1. The molecule has 1 saturated heterocycles. The molecular formula is C20H35IN4O4S. The zero-order chi connectivity index (χ0) is 21.3. The molecule has 0 aromatic heterocycles. The van der Waals surface area contributed by atoms with Gasteiger partial charge in [0.1, 0.15) is 0 Å². The van der Waals surface area contributed by atoms with Crippen LogP contribution in [0, 0.1) is 0 Å². The minimum absolute atomic E-state index is 0. The van der Waals surface area contributed by atoms with Crippen molar-refractivity contribution in [2.75, 3.05) is 52.7 Å². The van der Waals surface area contributed by atoms with Gasteiger partial charge in [-0.15, -0.1) is 24.0 Å². The van der Waals surface area contributed by atoms with E-state index in [0.29, 0.717) is 39.3 Å². The highest BCUT2D eigenvalue weighted by molar-refractivity contribution is 14.0. The molecule has 1 aliphatic rings. The number of sulfonamides is 1. The predicted molar refractivity (Wildman–Crippen MR) is 131 cm³/mol. The van der Waals surface area contributed by atoms with Gasteiger partial charge < -0.3 is 19.7 Å². The zero-order valence-corrected chi connectivity index (χ0v) is 21.5. The van der Waals surface area contributed by atoms with E-state index < -0.39 is 10.0 Å². The average Bonchev–Trinajstić information content (AvgIpc) is 2.69. The molecule has 0 radical (unpaired) electrons. The van der Waals surface area contributed by atoms with Crippen molar-refractivity contribution in [3.05, 3.63) is 35.4 Å². The quantitative estimate of drug-likeness (QED) is 0.285. The molecule has 1 heterocycles. The summed E-state index contributed by atoms with van der Waals surface area (Å²) < 4.78 is 37.1. The average molecular weight is 554 g/mol. The molecule has 0 saturated carbocycles. The van der Waals surface area contributed by atoms with Gasteiger partial charge in [0.15, 0.2) is 5.96 Å². The molecule has 1 fully saturated rings. The number of ether oxygens (including phenoxy) is 2. The minimum Gasteiger partial charge on any atom is -0.380 e. The first-order chi connectivity index (χ1) is 13.9. The van der Waals surface area contributed by atoms with Gasteiger partial charge in [-0.05, 0) is 25.0 Å². The fourth-order valence-corrected chi connectivity index (χ4v) is 4.49. The van der Waals surface area contributed by atoms with E-state index >= 15 is 0 Å². The summed E-state index contributed by atoms with van der Waals surface area (Å²) in [5, 5.41) is 3.37. The predicted octanol–water partition coefficient (Wildman–Crippen LogP) is 1.90. The smallest absolute Gasteiger partial charge is 0.216 e. The Morgan fingerprint density at radius 1 is 1.20 bits per heavy atom. The molecule has 0 amide bonds. The Bertz CT molecular complexity index is 766. The van der Waals surface area contributed by atoms with Crippen LogP contribution in [0.15, 0.2) is 29.3 Å². The molecule has 8 nitrogen and oxygen atoms in total.